The Hall–Kier alpha value is -1.85. The van der Waals surface area contributed by atoms with Crippen LogP contribution in [0.15, 0.2) is 24.3 Å². The lowest BCUT2D eigenvalue weighted by molar-refractivity contribution is -0.00924. The van der Waals surface area contributed by atoms with Crippen molar-refractivity contribution in [2.45, 2.75) is 26.3 Å². The Kier molecular flexibility index (Phi) is 4.41. The number of morpholine rings is 1. The van der Waals surface area contributed by atoms with Gasteiger partial charge in [-0.1, -0.05) is 12.1 Å². The fourth-order valence-corrected chi connectivity index (χ4v) is 3.04. The molecule has 124 valence electrons. The van der Waals surface area contributed by atoms with E-state index in [2.05, 4.69) is 41.2 Å². The number of carbonyl (C=O) groups excluding carboxylic acids is 1. The molecule has 3 rings (SSSR count). The topological polar surface area (TPSA) is 57.4 Å². The molecule has 1 saturated heterocycles. The van der Waals surface area contributed by atoms with Crippen molar-refractivity contribution in [1.29, 1.82) is 0 Å². The van der Waals surface area contributed by atoms with E-state index in [0.717, 1.165) is 37.2 Å². The Morgan fingerprint density at radius 1 is 1.30 bits per heavy atom. The zero-order valence-electron chi connectivity index (χ0n) is 14.1. The van der Waals surface area contributed by atoms with E-state index in [4.69, 9.17) is 4.74 Å². The second-order valence-electron chi connectivity index (χ2n) is 6.87. The summed E-state index contributed by atoms with van der Waals surface area (Å²) in [5, 5.41) is 4.12. The molecular weight excluding hydrogens is 290 g/mol. The summed E-state index contributed by atoms with van der Waals surface area (Å²) in [7, 11) is 0. The number of aromatic nitrogens is 1. The molecule has 0 radical (unpaired) electrons. The predicted molar refractivity (Wildman–Crippen MR) is 91.8 cm³/mol. The van der Waals surface area contributed by atoms with Crippen LogP contribution < -0.4 is 5.32 Å². The molecule has 1 fully saturated rings. The van der Waals surface area contributed by atoms with Crippen LogP contribution in [0.3, 0.4) is 0 Å². The molecule has 2 N–H and O–H groups in total. The highest BCUT2D eigenvalue weighted by Crippen LogP contribution is 2.18. The molecule has 0 spiro atoms. The highest BCUT2D eigenvalue weighted by Gasteiger charge is 2.28. The second kappa shape index (κ2) is 6.34. The van der Waals surface area contributed by atoms with E-state index in [1.165, 1.54) is 5.56 Å². The number of benzene rings is 1. The van der Waals surface area contributed by atoms with Crippen molar-refractivity contribution in [2.75, 3.05) is 32.8 Å². The standard InChI is InChI=1S/C18H25N3O2/c1-13-4-5-14-11-16(20-15(14)10-13)17(22)19-12-18(2,3)21-6-8-23-9-7-21/h4-5,10-11,20H,6-9,12H2,1-3H3,(H,19,22). The van der Waals surface area contributed by atoms with E-state index >= 15 is 0 Å². The highest BCUT2D eigenvalue weighted by molar-refractivity contribution is 5.98. The van der Waals surface area contributed by atoms with Crippen LogP contribution in [0.5, 0.6) is 0 Å². The van der Waals surface area contributed by atoms with E-state index in [1.807, 2.05) is 19.1 Å². The number of hydrogen-bond acceptors (Lipinski definition) is 3. The van der Waals surface area contributed by atoms with Crippen LogP contribution in [0.1, 0.15) is 29.9 Å². The average molecular weight is 315 g/mol. The SMILES string of the molecule is Cc1ccc2cc(C(=O)NCC(C)(C)N3CCOCC3)[nH]c2c1. The molecule has 23 heavy (non-hydrogen) atoms. The maximum Gasteiger partial charge on any atom is 0.267 e. The highest BCUT2D eigenvalue weighted by atomic mass is 16.5. The fourth-order valence-electron chi connectivity index (χ4n) is 3.04. The molecule has 5 nitrogen and oxygen atoms in total. The predicted octanol–water partition coefficient (Wildman–Crippen LogP) is 2.32. The molecule has 2 aromatic rings. The van der Waals surface area contributed by atoms with Crippen molar-refractivity contribution in [3.8, 4) is 0 Å². The summed E-state index contributed by atoms with van der Waals surface area (Å²) in [6, 6.07) is 8.06. The molecule has 1 aliphatic heterocycles. The first kappa shape index (κ1) is 16.0. The van der Waals surface area contributed by atoms with Crippen LogP contribution in [0.4, 0.5) is 0 Å². The summed E-state index contributed by atoms with van der Waals surface area (Å²) < 4.78 is 5.40. The minimum absolute atomic E-state index is 0.0554. The maximum atomic E-state index is 12.4. The van der Waals surface area contributed by atoms with E-state index in [-0.39, 0.29) is 11.4 Å². The first-order chi connectivity index (χ1) is 11.0. The summed E-state index contributed by atoms with van der Waals surface area (Å²) in [5.41, 5.74) is 2.72. The smallest absolute Gasteiger partial charge is 0.267 e. The van der Waals surface area contributed by atoms with Gasteiger partial charge in [-0.3, -0.25) is 9.69 Å². The molecule has 0 bridgehead atoms. The normalized spacial score (nSPS) is 16.7. The molecule has 1 aromatic carbocycles. The van der Waals surface area contributed by atoms with E-state index < -0.39 is 0 Å². The van der Waals surface area contributed by atoms with Crippen LogP contribution in [-0.2, 0) is 4.74 Å². The molecular formula is C18H25N3O2. The third-order valence-corrected chi connectivity index (χ3v) is 4.57. The van der Waals surface area contributed by atoms with Crippen molar-refractivity contribution in [3.05, 3.63) is 35.5 Å². The van der Waals surface area contributed by atoms with Crippen LogP contribution >= 0.6 is 0 Å². The van der Waals surface area contributed by atoms with Gasteiger partial charge in [-0.15, -0.1) is 0 Å². The lowest BCUT2D eigenvalue weighted by Gasteiger charge is -2.40. The van der Waals surface area contributed by atoms with Crippen molar-refractivity contribution >= 4 is 16.8 Å². The molecule has 1 amide bonds. The molecule has 0 saturated carbocycles. The van der Waals surface area contributed by atoms with Gasteiger partial charge in [0.1, 0.15) is 5.69 Å². The number of aryl methyl sites for hydroxylation is 1. The third-order valence-electron chi connectivity index (χ3n) is 4.57. The zero-order valence-corrected chi connectivity index (χ0v) is 14.1. The monoisotopic (exact) mass is 315 g/mol. The van der Waals surface area contributed by atoms with Crippen molar-refractivity contribution in [1.82, 2.24) is 15.2 Å². The molecule has 0 atom stereocenters. The van der Waals surface area contributed by atoms with Crippen molar-refractivity contribution in [3.63, 3.8) is 0 Å². The molecule has 1 aliphatic rings. The average Bonchev–Trinajstić information content (AvgIpc) is 2.96. The van der Waals surface area contributed by atoms with Gasteiger partial charge in [-0.25, -0.2) is 0 Å². The number of hydrogen-bond donors (Lipinski definition) is 2. The van der Waals surface area contributed by atoms with Crippen LogP contribution in [-0.4, -0.2) is 54.2 Å². The molecule has 0 unspecified atom stereocenters. The van der Waals surface area contributed by atoms with Crippen molar-refractivity contribution < 1.29 is 9.53 Å². The van der Waals surface area contributed by atoms with Gasteiger partial charge in [0.05, 0.1) is 13.2 Å². The van der Waals surface area contributed by atoms with Crippen LogP contribution in [0.2, 0.25) is 0 Å². The Labute approximate surface area is 137 Å². The minimum atomic E-state index is -0.0813. The maximum absolute atomic E-state index is 12.4. The fraction of sp³-hybridized carbons (Fsp3) is 0.500. The van der Waals surface area contributed by atoms with Gasteiger partial charge in [0.15, 0.2) is 0 Å². The van der Waals surface area contributed by atoms with Crippen LogP contribution in [0, 0.1) is 6.92 Å². The molecule has 1 aromatic heterocycles. The molecule has 0 aliphatic carbocycles. The number of nitrogens with one attached hydrogen (secondary N) is 2. The first-order valence-corrected chi connectivity index (χ1v) is 8.16. The number of H-pyrrole nitrogens is 1. The van der Waals surface area contributed by atoms with Gasteiger partial charge >= 0.3 is 0 Å². The summed E-state index contributed by atoms with van der Waals surface area (Å²) in [5.74, 6) is -0.0554. The Morgan fingerprint density at radius 2 is 2.04 bits per heavy atom. The van der Waals surface area contributed by atoms with Gasteiger partial charge in [-0.2, -0.15) is 0 Å². The summed E-state index contributed by atoms with van der Waals surface area (Å²) in [6.45, 7) is 10.3. The van der Waals surface area contributed by atoms with Crippen LogP contribution in [0.25, 0.3) is 10.9 Å². The van der Waals surface area contributed by atoms with Gasteiger partial charge < -0.3 is 15.0 Å². The van der Waals surface area contributed by atoms with E-state index in [1.54, 1.807) is 0 Å². The molecule has 5 heteroatoms. The van der Waals surface area contributed by atoms with Gasteiger partial charge in [0.25, 0.3) is 5.91 Å². The number of nitrogens with zero attached hydrogens (tertiary/aromatic N) is 1. The van der Waals surface area contributed by atoms with Gasteiger partial charge in [0.2, 0.25) is 0 Å². The van der Waals surface area contributed by atoms with E-state index in [9.17, 15) is 4.79 Å². The number of aromatic amines is 1. The Morgan fingerprint density at radius 3 is 2.78 bits per heavy atom. The third kappa shape index (κ3) is 3.57. The Balaban J connectivity index is 1.65. The van der Waals surface area contributed by atoms with Gasteiger partial charge in [0, 0.05) is 36.1 Å². The summed E-state index contributed by atoms with van der Waals surface area (Å²) in [4.78, 5) is 18.0. The largest absolute Gasteiger partial charge is 0.379 e. The number of amides is 1. The quantitative estimate of drug-likeness (QED) is 0.910. The Bertz CT molecular complexity index is 699. The zero-order chi connectivity index (χ0) is 16.4. The first-order valence-electron chi connectivity index (χ1n) is 8.16. The lowest BCUT2D eigenvalue weighted by atomic mass is 10.0. The van der Waals surface area contributed by atoms with Gasteiger partial charge in [-0.05, 0) is 38.5 Å². The number of fused-ring (bicyclic) bond motifs is 1. The lowest BCUT2D eigenvalue weighted by Crippen LogP contribution is -2.55. The summed E-state index contributed by atoms with van der Waals surface area (Å²) >= 11 is 0. The number of ether oxygens (including phenoxy) is 1. The second-order valence-corrected chi connectivity index (χ2v) is 6.87. The summed E-state index contributed by atoms with van der Waals surface area (Å²) in [6.07, 6.45) is 0. The molecule has 2 heterocycles. The number of carbonyl (C=O) groups is 1. The van der Waals surface area contributed by atoms with E-state index in [0.29, 0.717) is 12.2 Å². The van der Waals surface area contributed by atoms with Crippen molar-refractivity contribution in [2.24, 2.45) is 0 Å². The minimum Gasteiger partial charge on any atom is -0.379 e. The number of rotatable bonds is 4.